The fourth-order valence-electron chi connectivity index (χ4n) is 2.15. The number of nitrogens with one attached hydrogen (secondary N) is 1. The van der Waals surface area contributed by atoms with E-state index in [-0.39, 0.29) is 12.3 Å². The van der Waals surface area contributed by atoms with Gasteiger partial charge in [0.25, 0.3) is 0 Å². The highest BCUT2D eigenvalue weighted by atomic mass is 79.9. The molecule has 5 nitrogen and oxygen atoms in total. The average molecular weight is 393 g/mol. The molecule has 2 aromatic rings. The van der Waals surface area contributed by atoms with Crippen molar-refractivity contribution in [1.82, 2.24) is 4.98 Å². The van der Waals surface area contributed by atoms with Crippen molar-refractivity contribution in [2.75, 3.05) is 18.5 Å². The van der Waals surface area contributed by atoms with Crippen LogP contribution in [0.15, 0.2) is 34.9 Å². The first kappa shape index (κ1) is 18.3. The van der Waals surface area contributed by atoms with E-state index in [1.165, 1.54) is 0 Å². The molecule has 0 aliphatic heterocycles. The average Bonchev–Trinajstić information content (AvgIpc) is 2.54. The van der Waals surface area contributed by atoms with Crippen molar-refractivity contribution >= 4 is 27.7 Å². The van der Waals surface area contributed by atoms with Gasteiger partial charge in [0, 0.05) is 10.7 Å². The molecule has 6 heteroatoms. The van der Waals surface area contributed by atoms with Crippen LogP contribution in [0.2, 0.25) is 0 Å². The summed E-state index contributed by atoms with van der Waals surface area (Å²) in [6.45, 7) is 6.85. The van der Waals surface area contributed by atoms with Crippen LogP contribution in [0.3, 0.4) is 0 Å². The number of pyridine rings is 1. The maximum Gasteiger partial charge on any atom is 0.229 e. The van der Waals surface area contributed by atoms with E-state index in [0.29, 0.717) is 30.5 Å². The molecule has 0 aliphatic rings. The van der Waals surface area contributed by atoms with Gasteiger partial charge in [0.1, 0.15) is 5.82 Å². The predicted octanol–water partition coefficient (Wildman–Crippen LogP) is 4.13. The van der Waals surface area contributed by atoms with E-state index in [0.717, 1.165) is 15.6 Å². The van der Waals surface area contributed by atoms with Crippen LogP contribution < -0.4 is 14.8 Å². The molecule has 0 radical (unpaired) electrons. The smallest absolute Gasteiger partial charge is 0.229 e. The number of hydrogen-bond acceptors (Lipinski definition) is 4. The Bertz CT molecular complexity index is 702. The van der Waals surface area contributed by atoms with E-state index >= 15 is 0 Å². The molecular weight excluding hydrogens is 372 g/mol. The van der Waals surface area contributed by atoms with Crippen molar-refractivity contribution in [3.05, 3.63) is 46.1 Å². The Hall–Kier alpha value is -2.08. The molecule has 1 aromatic heterocycles. The fourth-order valence-corrected chi connectivity index (χ4v) is 2.61. The second-order valence-corrected chi connectivity index (χ2v) is 6.06. The van der Waals surface area contributed by atoms with Gasteiger partial charge in [-0.1, -0.05) is 22.0 Å². The maximum atomic E-state index is 12.3. The number of benzene rings is 1. The second kappa shape index (κ2) is 8.68. The number of nitrogens with zero attached hydrogens (tertiary/aromatic N) is 1. The van der Waals surface area contributed by atoms with Crippen molar-refractivity contribution in [3.63, 3.8) is 0 Å². The fraction of sp³-hybridized carbons (Fsp3) is 0.333. The third kappa shape index (κ3) is 4.96. The van der Waals surface area contributed by atoms with Crippen LogP contribution in [0, 0.1) is 6.92 Å². The van der Waals surface area contributed by atoms with Gasteiger partial charge < -0.3 is 14.8 Å². The molecule has 0 atom stereocenters. The zero-order valence-corrected chi connectivity index (χ0v) is 15.6. The SMILES string of the molecule is CCOc1cc(Br)c(CC(=O)Nc2ccc(C)cn2)cc1OCC. The summed E-state index contributed by atoms with van der Waals surface area (Å²) in [4.78, 5) is 16.4. The molecule has 0 aliphatic carbocycles. The van der Waals surface area contributed by atoms with Gasteiger partial charge in [0.15, 0.2) is 11.5 Å². The zero-order chi connectivity index (χ0) is 17.5. The molecule has 0 spiro atoms. The minimum atomic E-state index is -0.140. The van der Waals surface area contributed by atoms with E-state index in [4.69, 9.17) is 9.47 Å². The van der Waals surface area contributed by atoms with Gasteiger partial charge in [-0.05, 0) is 50.1 Å². The van der Waals surface area contributed by atoms with Crippen LogP contribution in [0.4, 0.5) is 5.82 Å². The molecule has 1 heterocycles. The lowest BCUT2D eigenvalue weighted by atomic mass is 10.1. The van der Waals surface area contributed by atoms with Gasteiger partial charge in [-0.3, -0.25) is 4.79 Å². The quantitative estimate of drug-likeness (QED) is 0.769. The molecule has 0 bridgehead atoms. The van der Waals surface area contributed by atoms with Gasteiger partial charge in [0.2, 0.25) is 5.91 Å². The molecular formula is C18H21BrN2O3. The van der Waals surface area contributed by atoms with Gasteiger partial charge in [-0.2, -0.15) is 0 Å². The summed E-state index contributed by atoms with van der Waals surface area (Å²) in [5.74, 6) is 1.70. The first-order chi connectivity index (χ1) is 11.5. The lowest BCUT2D eigenvalue weighted by Gasteiger charge is -2.14. The number of halogens is 1. The largest absolute Gasteiger partial charge is 0.490 e. The molecule has 0 unspecified atom stereocenters. The van der Waals surface area contributed by atoms with Crippen LogP contribution >= 0.6 is 15.9 Å². The van der Waals surface area contributed by atoms with Gasteiger partial charge >= 0.3 is 0 Å². The molecule has 1 aromatic carbocycles. The first-order valence-electron chi connectivity index (χ1n) is 7.84. The zero-order valence-electron chi connectivity index (χ0n) is 14.1. The molecule has 0 saturated carbocycles. The number of amides is 1. The van der Waals surface area contributed by atoms with E-state index in [9.17, 15) is 4.79 Å². The Morgan fingerprint density at radius 2 is 1.83 bits per heavy atom. The van der Waals surface area contributed by atoms with Crippen LogP contribution in [0.5, 0.6) is 11.5 Å². The topological polar surface area (TPSA) is 60.5 Å². The summed E-state index contributed by atoms with van der Waals surface area (Å²) in [7, 11) is 0. The molecule has 24 heavy (non-hydrogen) atoms. The Labute approximate surface area is 150 Å². The number of rotatable bonds is 7. The number of hydrogen-bond donors (Lipinski definition) is 1. The number of ether oxygens (including phenoxy) is 2. The number of anilines is 1. The third-order valence-electron chi connectivity index (χ3n) is 3.24. The molecule has 2 rings (SSSR count). The maximum absolute atomic E-state index is 12.3. The number of aryl methyl sites for hydroxylation is 1. The van der Waals surface area contributed by atoms with Crippen molar-refractivity contribution in [1.29, 1.82) is 0 Å². The van der Waals surface area contributed by atoms with Crippen molar-refractivity contribution in [2.24, 2.45) is 0 Å². The number of carbonyl (C=O) groups is 1. The molecule has 1 N–H and O–H groups in total. The van der Waals surface area contributed by atoms with E-state index in [2.05, 4.69) is 26.2 Å². The molecule has 0 fully saturated rings. The predicted molar refractivity (Wildman–Crippen MR) is 97.8 cm³/mol. The number of carbonyl (C=O) groups excluding carboxylic acids is 1. The summed E-state index contributed by atoms with van der Waals surface area (Å²) in [6.07, 6.45) is 1.93. The highest BCUT2D eigenvalue weighted by molar-refractivity contribution is 9.10. The normalized spacial score (nSPS) is 10.3. The van der Waals surface area contributed by atoms with Crippen LogP contribution in [0.1, 0.15) is 25.0 Å². The van der Waals surface area contributed by atoms with Gasteiger partial charge in [-0.15, -0.1) is 0 Å². The van der Waals surface area contributed by atoms with Crippen LogP contribution in [0.25, 0.3) is 0 Å². The van der Waals surface area contributed by atoms with E-state index < -0.39 is 0 Å². The summed E-state index contributed by atoms with van der Waals surface area (Å²) in [6, 6.07) is 7.36. The molecule has 1 amide bonds. The van der Waals surface area contributed by atoms with E-state index in [1.807, 2.05) is 39.0 Å². The first-order valence-corrected chi connectivity index (χ1v) is 8.63. The lowest BCUT2D eigenvalue weighted by Crippen LogP contribution is -2.15. The van der Waals surface area contributed by atoms with Crippen molar-refractivity contribution in [2.45, 2.75) is 27.2 Å². The summed E-state index contributed by atoms with van der Waals surface area (Å²) >= 11 is 3.49. The Kier molecular flexibility index (Phi) is 6.61. The minimum absolute atomic E-state index is 0.140. The second-order valence-electron chi connectivity index (χ2n) is 5.20. The third-order valence-corrected chi connectivity index (χ3v) is 3.98. The number of aromatic nitrogens is 1. The summed E-state index contributed by atoms with van der Waals surface area (Å²) in [5, 5.41) is 2.79. The van der Waals surface area contributed by atoms with Crippen molar-refractivity contribution < 1.29 is 14.3 Å². The van der Waals surface area contributed by atoms with Crippen LogP contribution in [-0.4, -0.2) is 24.1 Å². The van der Waals surface area contributed by atoms with Gasteiger partial charge in [-0.25, -0.2) is 4.98 Å². The molecule has 128 valence electrons. The Morgan fingerprint density at radius 3 is 2.42 bits per heavy atom. The Morgan fingerprint density at radius 1 is 1.17 bits per heavy atom. The summed E-state index contributed by atoms with van der Waals surface area (Å²) in [5.41, 5.74) is 1.87. The van der Waals surface area contributed by atoms with Crippen LogP contribution in [-0.2, 0) is 11.2 Å². The minimum Gasteiger partial charge on any atom is -0.490 e. The lowest BCUT2D eigenvalue weighted by molar-refractivity contribution is -0.115. The van der Waals surface area contributed by atoms with Gasteiger partial charge in [0.05, 0.1) is 19.6 Å². The standard InChI is InChI=1S/C18H21BrN2O3/c1-4-23-15-8-13(14(19)10-16(15)24-5-2)9-18(22)21-17-7-6-12(3)11-20-17/h6-8,10-11H,4-5,9H2,1-3H3,(H,20,21,22). The van der Waals surface area contributed by atoms with E-state index in [1.54, 1.807) is 12.3 Å². The summed E-state index contributed by atoms with van der Waals surface area (Å²) < 4.78 is 12.0. The highest BCUT2D eigenvalue weighted by Crippen LogP contribution is 2.34. The highest BCUT2D eigenvalue weighted by Gasteiger charge is 2.14. The monoisotopic (exact) mass is 392 g/mol. The Balaban J connectivity index is 2.14. The van der Waals surface area contributed by atoms with Crippen molar-refractivity contribution in [3.8, 4) is 11.5 Å². The molecule has 0 saturated heterocycles.